The molecule has 0 aliphatic rings. The molecule has 230 valence electrons. The van der Waals surface area contributed by atoms with Gasteiger partial charge in [0.05, 0.1) is 25.3 Å². The van der Waals surface area contributed by atoms with Crippen molar-refractivity contribution >= 4 is 56.1 Å². The number of amides is 1. The fraction of sp³-hybridized carbons (Fsp3) is 0.333. The van der Waals surface area contributed by atoms with Crippen molar-refractivity contribution in [1.29, 1.82) is 10.8 Å². The number of fused-ring (bicyclic) bond motifs is 1. The van der Waals surface area contributed by atoms with Crippen LogP contribution in [0.4, 0.5) is 0 Å². The molecule has 0 saturated carbocycles. The molecule has 1 heterocycles. The Hall–Kier alpha value is -3.81. The van der Waals surface area contributed by atoms with Crippen molar-refractivity contribution in [3.05, 3.63) is 98.9 Å². The van der Waals surface area contributed by atoms with E-state index in [1.165, 1.54) is 20.5 Å². The van der Waals surface area contributed by atoms with Crippen LogP contribution in [0, 0.1) is 23.7 Å². The molecule has 0 fully saturated rings. The Kier molecular flexibility index (Phi) is 11.5. The Labute approximate surface area is 269 Å². The molecule has 0 spiro atoms. The van der Waals surface area contributed by atoms with Crippen LogP contribution in [0.1, 0.15) is 60.7 Å². The van der Waals surface area contributed by atoms with Gasteiger partial charge >= 0.3 is 0 Å². The lowest BCUT2D eigenvalue weighted by Gasteiger charge is -2.20. The summed E-state index contributed by atoms with van der Waals surface area (Å²) in [7, 11) is 1.63. The normalized spacial score (nSPS) is 13.0. The molecule has 3 aromatic carbocycles. The SMILES string of the molecule is CCC(Cc1ccc(OC)cc1C(=NC(CC(=O)NCCc1cc2ccc(C)cc2s1)C(C)=N)c1ccc(Cl)cc1)C(C)=N. The zero-order chi connectivity index (χ0) is 31.8. The first-order chi connectivity index (χ1) is 21.1. The summed E-state index contributed by atoms with van der Waals surface area (Å²) < 4.78 is 6.85. The van der Waals surface area contributed by atoms with E-state index in [-0.39, 0.29) is 18.2 Å². The van der Waals surface area contributed by atoms with Gasteiger partial charge in [0, 0.05) is 49.6 Å². The summed E-state index contributed by atoms with van der Waals surface area (Å²) in [5.41, 5.74) is 5.56. The van der Waals surface area contributed by atoms with E-state index in [1.807, 2.05) is 49.4 Å². The zero-order valence-electron chi connectivity index (χ0n) is 26.1. The van der Waals surface area contributed by atoms with Crippen molar-refractivity contribution in [3.8, 4) is 5.75 Å². The van der Waals surface area contributed by atoms with Gasteiger partial charge in [-0.25, -0.2) is 0 Å². The van der Waals surface area contributed by atoms with E-state index in [1.54, 1.807) is 25.4 Å². The highest BCUT2D eigenvalue weighted by atomic mass is 35.5. The molecule has 6 nitrogen and oxygen atoms in total. The quantitative estimate of drug-likeness (QED) is 0.122. The molecule has 0 radical (unpaired) electrons. The number of hydrogen-bond acceptors (Lipinski definition) is 6. The van der Waals surface area contributed by atoms with Crippen LogP contribution < -0.4 is 10.1 Å². The number of aliphatic imine (C=N–C) groups is 1. The third kappa shape index (κ3) is 8.64. The summed E-state index contributed by atoms with van der Waals surface area (Å²) in [6.07, 6.45) is 2.33. The molecule has 4 aromatic rings. The lowest BCUT2D eigenvalue weighted by atomic mass is 9.88. The molecule has 4 rings (SSSR count). The maximum Gasteiger partial charge on any atom is 0.222 e. The number of methoxy groups -OCH3 is 1. The fourth-order valence-electron chi connectivity index (χ4n) is 5.20. The van der Waals surface area contributed by atoms with Gasteiger partial charge in [-0.05, 0) is 92.9 Å². The Balaban J connectivity index is 1.61. The largest absolute Gasteiger partial charge is 0.497 e. The van der Waals surface area contributed by atoms with Crippen LogP contribution in [0.2, 0.25) is 5.02 Å². The number of thiophene rings is 1. The first kappa shape index (κ1) is 33.1. The molecule has 44 heavy (non-hydrogen) atoms. The van der Waals surface area contributed by atoms with Crippen molar-refractivity contribution in [1.82, 2.24) is 5.32 Å². The van der Waals surface area contributed by atoms with Gasteiger partial charge in [0.2, 0.25) is 5.91 Å². The second kappa shape index (κ2) is 15.3. The smallest absolute Gasteiger partial charge is 0.222 e. The van der Waals surface area contributed by atoms with Gasteiger partial charge in [-0.15, -0.1) is 11.3 Å². The lowest BCUT2D eigenvalue weighted by Crippen LogP contribution is -2.31. The second-order valence-corrected chi connectivity index (χ2v) is 12.9. The number of aryl methyl sites for hydroxylation is 1. The number of halogens is 1. The van der Waals surface area contributed by atoms with Gasteiger partial charge in [-0.2, -0.15) is 0 Å². The molecular weight excluding hydrogens is 588 g/mol. The fourth-order valence-corrected chi connectivity index (χ4v) is 6.49. The topological polar surface area (TPSA) is 98.4 Å². The van der Waals surface area contributed by atoms with Crippen molar-refractivity contribution in [3.63, 3.8) is 0 Å². The Morgan fingerprint density at radius 2 is 1.77 bits per heavy atom. The van der Waals surface area contributed by atoms with E-state index in [0.29, 0.717) is 40.9 Å². The summed E-state index contributed by atoms with van der Waals surface area (Å²) in [5, 5.41) is 21.7. The van der Waals surface area contributed by atoms with Gasteiger partial charge in [-0.3, -0.25) is 9.79 Å². The van der Waals surface area contributed by atoms with E-state index in [9.17, 15) is 4.79 Å². The first-order valence-electron chi connectivity index (χ1n) is 14.9. The van der Waals surface area contributed by atoms with E-state index >= 15 is 0 Å². The molecule has 0 aliphatic heterocycles. The Bertz CT molecular complexity index is 1680. The zero-order valence-corrected chi connectivity index (χ0v) is 27.7. The summed E-state index contributed by atoms with van der Waals surface area (Å²) in [6.45, 7) is 8.24. The summed E-state index contributed by atoms with van der Waals surface area (Å²) in [4.78, 5) is 19.5. The van der Waals surface area contributed by atoms with Crippen LogP contribution in [0.5, 0.6) is 5.75 Å². The predicted molar refractivity (Wildman–Crippen MR) is 186 cm³/mol. The molecule has 1 amide bonds. The summed E-state index contributed by atoms with van der Waals surface area (Å²) in [6, 6.07) is 21.3. The number of hydrogen-bond donors (Lipinski definition) is 3. The number of carbonyl (C=O) groups excluding carboxylic acids is 1. The van der Waals surface area contributed by atoms with Gasteiger partial charge in [-0.1, -0.05) is 48.9 Å². The highest BCUT2D eigenvalue weighted by molar-refractivity contribution is 7.19. The minimum absolute atomic E-state index is 0.0640. The monoisotopic (exact) mass is 628 g/mol. The number of rotatable bonds is 14. The average Bonchev–Trinajstić information content (AvgIpc) is 3.40. The molecule has 0 aliphatic carbocycles. The third-order valence-corrected chi connectivity index (χ3v) is 9.25. The van der Waals surface area contributed by atoms with E-state index in [2.05, 4.69) is 43.4 Å². The average molecular weight is 629 g/mol. The van der Waals surface area contributed by atoms with Crippen LogP contribution in [0.25, 0.3) is 10.1 Å². The number of nitrogens with zero attached hydrogens (tertiary/aromatic N) is 1. The minimum Gasteiger partial charge on any atom is -0.497 e. The number of carbonyl (C=O) groups is 1. The van der Waals surface area contributed by atoms with Crippen LogP contribution in [0.3, 0.4) is 0 Å². The van der Waals surface area contributed by atoms with Crippen LogP contribution >= 0.6 is 22.9 Å². The molecule has 2 atom stereocenters. The second-order valence-electron chi connectivity index (χ2n) is 11.3. The highest BCUT2D eigenvalue weighted by Gasteiger charge is 2.22. The molecule has 0 saturated heterocycles. The summed E-state index contributed by atoms with van der Waals surface area (Å²) in [5.74, 6) is 0.626. The van der Waals surface area contributed by atoms with Crippen LogP contribution in [-0.4, -0.2) is 42.7 Å². The lowest BCUT2D eigenvalue weighted by molar-refractivity contribution is -0.121. The molecule has 0 bridgehead atoms. The highest BCUT2D eigenvalue weighted by Crippen LogP contribution is 2.28. The molecular formula is C36H41ClN4O2S. The summed E-state index contributed by atoms with van der Waals surface area (Å²) >= 11 is 8.00. The molecule has 8 heteroatoms. The van der Waals surface area contributed by atoms with Gasteiger partial charge < -0.3 is 20.9 Å². The molecule has 3 N–H and O–H groups in total. The third-order valence-electron chi connectivity index (χ3n) is 7.84. The van der Waals surface area contributed by atoms with Gasteiger partial charge in [0.15, 0.2) is 0 Å². The van der Waals surface area contributed by atoms with Gasteiger partial charge in [0.25, 0.3) is 0 Å². The first-order valence-corrected chi connectivity index (χ1v) is 16.1. The van der Waals surface area contributed by atoms with Crippen molar-refractivity contribution in [2.75, 3.05) is 13.7 Å². The minimum atomic E-state index is -0.654. The van der Waals surface area contributed by atoms with Crippen molar-refractivity contribution in [2.24, 2.45) is 10.9 Å². The Morgan fingerprint density at radius 3 is 2.43 bits per heavy atom. The van der Waals surface area contributed by atoms with E-state index < -0.39 is 6.04 Å². The molecule has 2 unspecified atom stereocenters. The van der Waals surface area contributed by atoms with Crippen molar-refractivity contribution in [2.45, 2.75) is 59.4 Å². The van der Waals surface area contributed by atoms with Crippen LogP contribution in [0.15, 0.2) is 71.7 Å². The predicted octanol–water partition coefficient (Wildman–Crippen LogP) is 8.47. The number of ether oxygens (including phenoxy) is 1. The van der Waals surface area contributed by atoms with Crippen LogP contribution in [-0.2, 0) is 17.6 Å². The van der Waals surface area contributed by atoms with E-state index in [0.717, 1.165) is 29.5 Å². The maximum atomic E-state index is 13.2. The van der Waals surface area contributed by atoms with Gasteiger partial charge in [0.1, 0.15) is 5.75 Å². The Morgan fingerprint density at radius 1 is 1.02 bits per heavy atom. The molecule has 1 aromatic heterocycles. The number of nitrogens with one attached hydrogen (secondary N) is 3. The maximum absolute atomic E-state index is 13.2. The number of benzene rings is 3. The van der Waals surface area contributed by atoms with E-state index in [4.69, 9.17) is 32.1 Å². The standard InChI is InChI=1S/C36H41ClN4O2S/c1-6-25(23(3)38)18-27-11-14-30(43-5)20-32(27)36(26-9-12-29(37)13-10-26)41-33(24(4)39)21-35(42)40-16-15-31-19-28-8-7-22(2)17-34(28)44-31/h7-14,17,19-20,25,33,38-39H,6,15-16,18,21H2,1-5H3,(H,40,42). The van der Waals surface area contributed by atoms with Crippen molar-refractivity contribution < 1.29 is 9.53 Å².